The van der Waals surface area contributed by atoms with Crippen molar-refractivity contribution in [2.75, 3.05) is 4.31 Å². The Hall–Kier alpha value is -4.39. The molecule has 0 unspecified atom stereocenters. The van der Waals surface area contributed by atoms with E-state index in [1.165, 1.54) is 31.2 Å². The summed E-state index contributed by atoms with van der Waals surface area (Å²) in [6.07, 6.45) is -1.44. The third-order valence-electron chi connectivity index (χ3n) is 7.12. The average molecular weight is 632 g/mol. The first-order chi connectivity index (χ1) is 20.8. The average Bonchev–Trinajstić information content (AvgIpc) is 3.00. The molecule has 1 fully saturated rings. The van der Waals surface area contributed by atoms with Crippen molar-refractivity contribution in [2.24, 2.45) is 0 Å². The standard InChI is InChI=1S/C31H32F3N3O6S/c1-21(28(38)36-30(40)35-25-14-6-3-7-15-25)43-29(39)23-12-8-17-27(18-23)44(41,42)37(20-22-10-4-2-5-11-22)26-16-9-13-24(19-26)31(32,33)34/h2,4-5,8-13,16-19,21,25H,3,6-7,14-15,20H2,1H3,(H2,35,36,38,40)/t21-/m1/s1. The Balaban J connectivity index is 1.53. The number of amides is 3. The van der Waals surface area contributed by atoms with Gasteiger partial charge in [0.05, 0.1) is 28.3 Å². The lowest BCUT2D eigenvalue weighted by Gasteiger charge is -2.26. The van der Waals surface area contributed by atoms with Crippen LogP contribution >= 0.6 is 0 Å². The van der Waals surface area contributed by atoms with Gasteiger partial charge < -0.3 is 10.1 Å². The molecule has 9 nitrogen and oxygen atoms in total. The molecule has 1 aliphatic rings. The number of imide groups is 1. The zero-order valence-corrected chi connectivity index (χ0v) is 24.7. The van der Waals surface area contributed by atoms with E-state index in [9.17, 15) is 36.0 Å². The van der Waals surface area contributed by atoms with Gasteiger partial charge in [-0.25, -0.2) is 18.0 Å². The summed E-state index contributed by atoms with van der Waals surface area (Å²) in [5, 5.41) is 4.86. The zero-order chi connectivity index (χ0) is 31.9. The smallest absolute Gasteiger partial charge is 0.416 e. The summed E-state index contributed by atoms with van der Waals surface area (Å²) in [5.74, 6) is -1.90. The van der Waals surface area contributed by atoms with E-state index >= 15 is 0 Å². The number of anilines is 1. The van der Waals surface area contributed by atoms with Crippen LogP contribution in [0.25, 0.3) is 0 Å². The van der Waals surface area contributed by atoms with Crippen molar-refractivity contribution >= 4 is 33.6 Å². The highest BCUT2D eigenvalue weighted by Gasteiger charge is 2.33. The zero-order valence-electron chi connectivity index (χ0n) is 23.8. The predicted molar refractivity (Wildman–Crippen MR) is 156 cm³/mol. The lowest BCUT2D eigenvalue weighted by atomic mass is 9.96. The van der Waals surface area contributed by atoms with Crippen molar-refractivity contribution in [1.82, 2.24) is 10.6 Å². The number of benzene rings is 3. The number of nitrogens with zero attached hydrogens (tertiary/aromatic N) is 1. The van der Waals surface area contributed by atoms with Crippen LogP contribution in [0.15, 0.2) is 83.8 Å². The molecule has 1 atom stereocenters. The second-order valence-corrected chi connectivity index (χ2v) is 12.3. The monoisotopic (exact) mass is 631 g/mol. The van der Waals surface area contributed by atoms with E-state index < -0.39 is 45.8 Å². The highest BCUT2D eigenvalue weighted by Crippen LogP contribution is 2.34. The maximum absolute atomic E-state index is 13.9. The van der Waals surface area contributed by atoms with Gasteiger partial charge in [-0.15, -0.1) is 0 Å². The molecule has 0 saturated heterocycles. The second kappa shape index (κ2) is 13.9. The molecule has 3 amide bonds. The Bertz CT molecular complexity index is 1590. The molecule has 0 heterocycles. The van der Waals surface area contributed by atoms with Crippen molar-refractivity contribution in [2.45, 2.75) is 68.8 Å². The molecule has 0 aliphatic heterocycles. The Morgan fingerprint density at radius 2 is 1.61 bits per heavy atom. The molecule has 0 bridgehead atoms. The van der Waals surface area contributed by atoms with Crippen LogP contribution in [0.2, 0.25) is 0 Å². The topological polar surface area (TPSA) is 122 Å². The minimum Gasteiger partial charge on any atom is -0.449 e. The normalized spacial score (nSPS) is 14.7. The Kier molecular flexibility index (Phi) is 10.3. The van der Waals surface area contributed by atoms with Crippen LogP contribution in [0.5, 0.6) is 0 Å². The number of urea groups is 1. The number of nitrogens with one attached hydrogen (secondary N) is 2. The van der Waals surface area contributed by atoms with Gasteiger partial charge >= 0.3 is 18.2 Å². The van der Waals surface area contributed by atoms with Gasteiger partial charge in [0.25, 0.3) is 15.9 Å². The van der Waals surface area contributed by atoms with Crippen LogP contribution in [0, 0.1) is 0 Å². The first-order valence-electron chi connectivity index (χ1n) is 14.0. The van der Waals surface area contributed by atoms with Gasteiger partial charge in [-0.2, -0.15) is 13.2 Å². The van der Waals surface area contributed by atoms with Crippen molar-refractivity contribution in [1.29, 1.82) is 0 Å². The number of sulfonamides is 1. The quantitative estimate of drug-likeness (QED) is 0.288. The molecule has 13 heteroatoms. The number of ether oxygens (including phenoxy) is 1. The number of esters is 1. The Labute approximate surface area is 253 Å². The van der Waals surface area contributed by atoms with Crippen LogP contribution in [-0.2, 0) is 32.3 Å². The maximum Gasteiger partial charge on any atom is 0.416 e. The van der Waals surface area contributed by atoms with E-state index in [1.54, 1.807) is 30.3 Å². The lowest BCUT2D eigenvalue weighted by molar-refractivity contribution is -0.137. The predicted octanol–water partition coefficient (Wildman–Crippen LogP) is 5.80. The van der Waals surface area contributed by atoms with Crippen LogP contribution in [0.4, 0.5) is 23.7 Å². The van der Waals surface area contributed by atoms with Crippen molar-refractivity contribution in [3.8, 4) is 0 Å². The molecule has 3 aromatic rings. The number of hydrogen-bond acceptors (Lipinski definition) is 6. The highest BCUT2D eigenvalue weighted by atomic mass is 32.2. The van der Waals surface area contributed by atoms with Crippen molar-refractivity contribution < 1.29 is 40.7 Å². The van der Waals surface area contributed by atoms with Crippen LogP contribution in [0.1, 0.15) is 60.5 Å². The maximum atomic E-state index is 13.9. The van der Waals surface area contributed by atoms with Crippen molar-refractivity contribution in [3.05, 3.63) is 95.6 Å². The molecule has 0 spiro atoms. The molecular weight excluding hydrogens is 599 g/mol. The third-order valence-corrected chi connectivity index (χ3v) is 8.89. The number of hydrogen-bond donors (Lipinski definition) is 2. The van der Waals surface area contributed by atoms with Crippen molar-refractivity contribution in [3.63, 3.8) is 0 Å². The molecule has 2 N–H and O–H groups in total. The molecule has 234 valence electrons. The summed E-state index contributed by atoms with van der Waals surface area (Å²) in [5.41, 5.74) is -0.966. The number of carbonyl (C=O) groups is 3. The molecule has 3 aromatic carbocycles. The third kappa shape index (κ3) is 8.37. The van der Waals surface area contributed by atoms with Crippen LogP contribution in [0.3, 0.4) is 0 Å². The number of rotatable bonds is 9. The molecule has 0 radical (unpaired) electrons. The highest BCUT2D eigenvalue weighted by molar-refractivity contribution is 7.92. The molecule has 0 aromatic heterocycles. The first-order valence-corrected chi connectivity index (χ1v) is 15.4. The van der Waals surface area contributed by atoms with E-state index in [-0.39, 0.29) is 28.7 Å². The fraction of sp³-hybridized carbons (Fsp3) is 0.323. The number of carbonyl (C=O) groups excluding carboxylic acids is 3. The minimum atomic E-state index is -4.71. The van der Waals surface area contributed by atoms with E-state index in [4.69, 9.17) is 4.74 Å². The van der Waals surface area contributed by atoms with E-state index in [0.29, 0.717) is 5.56 Å². The second-order valence-electron chi connectivity index (χ2n) is 10.4. The largest absolute Gasteiger partial charge is 0.449 e. The van der Waals surface area contributed by atoms with Gasteiger partial charge in [-0.1, -0.05) is 61.7 Å². The molecule has 1 aliphatic carbocycles. The van der Waals surface area contributed by atoms with Gasteiger partial charge in [-0.05, 0) is 61.7 Å². The van der Waals surface area contributed by atoms with Gasteiger partial charge in [-0.3, -0.25) is 14.4 Å². The summed E-state index contributed by atoms with van der Waals surface area (Å²) in [4.78, 5) is 37.2. The van der Waals surface area contributed by atoms with E-state index in [1.807, 2.05) is 0 Å². The Morgan fingerprint density at radius 3 is 2.30 bits per heavy atom. The van der Waals surface area contributed by atoms with Gasteiger partial charge in [0.15, 0.2) is 6.10 Å². The fourth-order valence-corrected chi connectivity index (χ4v) is 6.27. The van der Waals surface area contributed by atoms with Gasteiger partial charge in [0.2, 0.25) is 0 Å². The molecule has 1 saturated carbocycles. The fourth-order valence-electron chi connectivity index (χ4n) is 4.78. The first kappa shape index (κ1) is 32.5. The number of halogens is 3. The van der Waals surface area contributed by atoms with Gasteiger partial charge in [0.1, 0.15) is 0 Å². The van der Waals surface area contributed by atoms with E-state index in [0.717, 1.165) is 60.7 Å². The lowest BCUT2D eigenvalue weighted by Crippen LogP contribution is -2.48. The molecule has 44 heavy (non-hydrogen) atoms. The van der Waals surface area contributed by atoms with Crippen LogP contribution < -0.4 is 14.9 Å². The minimum absolute atomic E-state index is 0.0449. The summed E-state index contributed by atoms with van der Waals surface area (Å²) >= 11 is 0. The Morgan fingerprint density at radius 1 is 0.932 bits per heavy atom. The van der Waals surface area contributed by atoms with Gasteiger partial charge in [0, 0.05) is 6.04 Å². The summed E-state index contributed by atoms with van der Waals surface area (Å²) in [6, 6.07) is 16.3. The van der Waals surface area contributed by atoms with E-state index in [2.05, 4.69) is 10.6 Å². The molecule has 4 rings (SSSR count). The van der Waals surface area contributed by atoms with Crippen LogP contribution in [-0.4, -0.2) is 38.5 Å². The summed E-state index contributed by atoms with van der Waals surface area (Å²) in [7, 11) is -4.52. The summed E-state index contributed by atoms with van der Waals surface area (Å²) < 4.78 is 74.2. The summed E-state index contributed by atoms with van der Waals surface area (Å²) in [6.45, 7) is 0.968. The molecular formula is C31H32F3N3O6S. The SMILES string of the molecule is C[C@@H](OC(=O)c1cccc(S(=O)(=O)N(Cc2ccccc2)c2cccc(C(F)(F)F)c2)c1)C(=O)NC(=O)NC1CCCCC1. The number of alkyl halides is 3.